The Kier molecular flexibility index (Phi) is 12.0. The summed E-state index contributed by atoms with van der Waals surface area (Å²) in [4.78, 5) is 38.4. The summed E-state index contributed by atoms with van der Waals surface area (Å²) < 4.78 is 17.0. The van der Waals surface area contributed by atoms with Crippen LogP contribution < -0.4 is 26.0 Å². The van der Waals surface area contributed by atoms with E-state index in [-0.39, 0.29) is 34.6 Å². The lowest BCUT2D eigenvalue weighted by molar-refractivity contribution is -0.123. The number of hydrogen-bond donors (Lipinski definition) is 4. The number of hydrogen-bond acceptors (Lipinski definition) is 7. The molecule has 1 heterocycles. The lowest BCUT2D eigenvalue weighted by Gasteiger charge is -2.31. The van der Waals surface area contributed by atoms with Gasteiger partial charge in [-0.3, -0.25) is 9.59 Å². The quantitative estimate of drug-likeness (QED) is 0.176. The number of alkyl carbamates (subject to hydrolysis) is 1. The molecule has 0 saturated heterocycles. The Morgan fingerprint density at radius 3 is 2.21 bits per heavy atom. The first-order valence-electron chi connectivity index (χ1n) is 16.1. The maximum Gasteiger partial charge on any atom is 0.407 e. The highest BCUT2D eigenvalue weighted by atomic mass is 35.5. The van der Waals surface area contributed by atoms with Gasteiger partial charge in [0.15, 0.2) is 0 Å². The van der Waals surface area contributed by atoms with Gasteiger partial charge < -0.3 is 35.2 Å². The van der Waals surface area contributed by atoms with Crippen LogP contribution in [0.3, 0.4) is 0 Å². The highest BCUT2D eigenvalue weighted by Gasteiger charge is 2.28. The van der Waals surface area contributed by atoms with Crippen molar-refractivity contribution in [1.82, 2.24) is 21.3 Å². The molecule has 11 heteroatoms. The van der Waals surface area contributed by atoms with Crippen molar-refractivity contribution < 1.29 is 28.3 Å². The van der Waals surface area contributed by atoms with Gasteiger partial charge in [-0.1, -0.05) is 41.4 Å². The first-order chi connectivity index (χ1) is 22.2. The number of ether oxygens (including phenoxy) is 2. The second kappa shape index (κ2) is 15.7. The summed E-state index contributed by atoms with van der Waals surface area (Å²) in [7, 11) is 1.52. The van der Waals surface area contributed by atoms with Crippen molar-refractivity contribution in [2.24, 2.45) is 0 Å². The van der Waals surface area contributed by atoms with E-state index in [1.165, 1.54) is 18.2 Å². The number of rotatable bonds is 11. The van der Waals surface area contributed by atoms with E-state index >= 15 is 0 Å². The predicted molar refractivity (Wildman–Crippen MR) is 183 cm³/mol. The van der Waals surface area contributed by atoms with Crippen LogP contribution in [-0.2, 0) is 16.1 Å². The van der Waals surface area contributed by atoms with Crippen LogP contribution in [0.1, 0.15) is 93.6 Å². The average molecular weight is 667 g/mol. The van der Waals surface area contributed by atoms with Crippen LogP contribution in [0.5, 0.6) is 5.75 Å². The minimum absolute atomic E-state index is 0.00900. The molecule has 1 aliphatic rings. The van der Waals surface area contributed by atoms with Crippen LogP contribution in [0.15, 0.2) is 52.9 Å². The summed E-state index contributed by atoms with van der Waals surface area (Å²) >= 11 is 6.50. The number of carbonyl (C=O) groups excluding carboxylic acids is 3. The zero-order chi connectivity index (χ0) is 34.3. The number of nitrogens with one attached hydrogen (secondary N) is 4. The molecule has 254 valence electrons. The number of aryl methyl sites for hydroxylation is 1. The van der Waals surface area contributed by atoms with Crippen molar-refractivity contribution in [2.45, 2.75) is 104 Å². The number of amides is 3. The number of halogens is 1. The number of furan rings is 1. The lowest BCUT2D eigenvalue weighted by Crippen LogP contribution is -2.50. The maximum absolute atomic E-state index is 13.3. The van der Waals surface area contributed by atoms with Gasteiger partial charge in [-0.15, -0.1) is 0 Å². The highest BCUT2D eigenvalue weighted by molar-refractivity contribution is 6.34. The average Bonchev–Trinajstić information content (AvgIpc) is 3.48. The van der Waals surface area contributed by atoms with E-state index in [9.17, 15) is 14.4 Å². The second-order valence-corrected chi connectivity index (χ2v) is 13.6. The zero-order valence-corrected chi connectivity index (χ0v) is 29.0. The molecular formula is C36H47ClN4O6. The molecule has 2 aromatic carbocycles. The van der Waals surface area contributed by atoms with Gasteiger partial charge >= 0.3 is 6.09 Å². The van der Waals surface area contributed by atoms with Gasteiger partial charge in [0.1, 0.15) is 28.9 Å². The minimum atomic E-state index is -0.807. The Bertz CT molecular complexity index is 1540. The Hall–Kier alpha value is -4.02. The molecule has 3 aromatic rings. The molecule has 0 radical (unpaired) electrons. The summed E-state index contributed by atoms with van der Waals surface area (Å²) in [6, 6.07) is 14.5. The van der Waals surface area contributed by atoms with E-state index in [4.69, 9.17) is 25.5 Å². The van der Waals surface area contributed by atoms with Crippen LogP contribution in [0, 0.1) is 6.92 Å². The Morgan fingerprint density at radius 2 is 1.60 bits per heavy atom. The van der Waals surface area contributed by atoms with Gasteiger partial charge in [-0.2, -0.15) is 0 Å². The SMILES string of the molecule is COc1cc(Cl)c(C(=O)N[C@H](C)C(=O)N[C@H]2CC[C@H](NC(=O)OC(C)(C)C)CC2)cc1-c1ccc(CN[C@H](C)c2ccc(C)cc2)o1. The van der Waals surface area contributed by atoms with Crippen LogP contribution in [0.25, 0.3) is 11.3 Å². The summed E-state index contributed by atoms with van der Waals surface area (Å²) in [5.41, 5.74) is 2.59. The van der Waals surface area contributed by atoms with E-state index in [0.29, 0.717) is 49.3 Å². The Morgan fingerprint density at radius 1 is 0.957 bits per heavy atom. The lowest BCUT2D eigenvalue weighted by atomic mass is 9.91. The van der Waals surface area contributed by atoms with Crippen molar-refractivity contribution in [3.8, 4) is 17.1 Å². The fourth-order valence-corrected chi connectivity index (χ4v) is 5.70. The van der Waals surface area contributed by atoms with Crippen LogP contribution in [-0.4, -0.2) is 48.7 Å². The smallest absolute Gasteiger partial charge is 0.407 e. The standard InChI is InChI=1S/C36H47ClN4O6/c1-21-8-10-24(11-9-21)22(2)38-20-27-16-17-31(46-27)29-18-28(30(37)19-32(29)45-7)34(43)39-23(3)33(42)40-25-12-14-26(15-13-25)41-35(44)47-36(4,5)6/h8-11,16-19,22-23,25-26,38H,12-15,20H2,1-7H3,(H,39,43)(H,40,42)(H,41,44)/t22-,23-,25-,26-/m1/s1. The van der Waals surface area contributed by atoms with Gasteiger partial charge in [-0.25, -0.2) is 4.79 Å². The molecule has 1 fully saturated rings. The third kappa shape index (κ3) is 10.2. The van der Waals surface area contributed by atoms with E-state index < -0.39 is 23.6 Å². The molecule has 10 nitrogen and oxygen atoms in total. The van der Waals surface area contributed by atoms with Crippen molar-refractivity contribution in [3.63, 3.8) is 0 Å². The van der Waals surface area contributed by atoms with Gasteiger partial charge in [0, 0.05) is 24.2 Å². The van der Waals surface area contributed by atoms with Crippen molar-refractivity contribution >= 4 is 29.5 Å². The third-order valence-corrected chi connectivity index (χ3v) is 8.47. The molecule has 0 aliphatic heterocycles. The number of carbonyl (C=O) groups is 3. The zero-order valence-electron chi connectivity index (χ0n) is 28.3. The summed E-state index contributed by atoms with van der Waals surface area (Å²) in [5.74, 6) is 0.912. The fraction of sp³-hybridized carbons (Fsp3) is 0.472. The molecule has 47 heavy (non-hydrogen) atoms. The Balaban J connectivity index is 1.33. The van der Waals surface area contributed by atoms with Crippen molar-refractivity contribution in [2.75, 3.05) is 7.11 Å². The minimum Gasteiger partial charge on any atom is -0.496 e. The number of methoxy groups -OCH3 is 1. The topological polar surface area (TPSA) is 131 Å². The Labute approximate surface area is 282 Å². The molecule has 0 unspecified atom stereocenters. The van der Waals surface area contributed by atoms with Gasteiger partial charge in [-0.05, 0) is 91.0 Å². The molecule has 0 bridgehead atoms. The van der Waals surface area contributed by atoms with Gasteiger partial charge in [0.05, 0.1) is 29.8 Å². The van der Waals surface area contributed by atoms with Crippen LogP contribution in [0.4, 0.5) is 4.79 Å². The highest BCUT2D eigenvalue weighted by Crippen LogP contribution is 2.36. The molecule has 1 saturated carbocycles. The monoisotopic (exact) mass is 666 g/mol. The maximum atomic E-state index is 13.3. The first kappa shape index (κ1) is 35.8. The molecule has 3 amide bonds. The largest absolute Gasteiger partial charge is 0.496 e. The molecule has 0 spiro atoms. The molecule has 1 aliphatic carbocycles. The van der Waals surface area contributed by atoms with E-state index in [0.717, 1.165) is 5.76 Å². The summed E-state index contributed by atoms with van der Waals surface area (Å²) in [6.45, 7) is 11.8. The van der Waals surface area contributed by atoms with E-state index in [2.05, 4.69) is 59.4 Å². The molecule has 1 aromatic heterocycles. The molecule has 4 rings (SSSR count). The van der Waals surface area contributed by atoms with Crippen molar-refractivity contribution in [3.05, 3.63) is 76.0 Å². The predicted octanol–water partition coefficient (Wildman–Crippen LogP) is 6.84. The first-order valence-corrected chi connectivity index (χ1v) is 16.5. The summed E-state index contributed by atoms with van der Waals surface area (Å²) in [6.07, 6.45) is 2.39. The van der Waals surface area contributed by atoms with Gasteiger partial charge in [0.25, 0.3) is 5.91 Å². The second-order valence-electron chi connectivity index (χ2n) is 13.2. The van der Waals surface area contributed by atoms with Crippen LogP contribution >= 0.6 is 11.6 Å². The van der Waals surface area contributed by atoms with Crippen molar-refractivity contribution in [1.29, 1.82) is 0 Å². The van der Waals surface area contributed by atoms with E-state index in [1.54, 1.807) is 19.1 Å². The fourth-order valence-electron chi connectivity index (χ4n) is 5.46. The van der Waals surface area contributed by atoms with E-state index in [1.807, 2.05) is 32.9 Å². The van der Waals surface area contributed by atoms with Gasteiger partial charge in [0.2, 0.25) is 5.91 Å². The summed E-state index contributed by atoms with van der Waals surface area (Å²) in [5, 5.41) is 12.4. The normalized spacial score (nSPS) is 17.7. The third-order valence-electron chi connectivity index (χ3n) is 8.16. The van der Waals surface area contributed by atoms with Crippen LogP contribution in [0.2, 0.25) is 5.02 Å². The molecule has 2 atom stereocenters. The molecular weight excluding hydrogens is 620 g/mol. The molecule has 4 N–H and O–H groups in total. The number of benzene rings is 2.